The minimum absolute atomic E-state index is 0.456. The topological polar surface area (TPSA) is 77.8 Å². The summed E-state index contributed by atoms with van der Waals surface area (Å²) < 4.78 is 5.37. The molecule has 6 heteroatoms. The second-order valence-corrected chi connectivity index (χ2v) is 7.15. The third kappa shape index (κ3) is 3.43. The van der Waals surface area contributed by atoms with E-state index in [1.807, 2.05) is 5.38 Å². The standard InChI is InChI=1S/C15H22N4OS/c1-9(2)10-3-5-11(6-4-10)14-18-13(20-19-14)7-12-8-21-15(16)17-12/h8-11H,3-7H2,1-2H3,(H2,16,17). The summed E-state index contributed by atoms with van der Waals surface area (Å²) in [6, 6.07) is 0. The first kappa shape index (κ1) is 14.5. The van der Waals surface area contributed by atoms with Crippen molar-refractivity contribution in [3.8, 4) is 0 Å². The minimum atomic E-state index is 0.456. The molecule has 0 unspecified atom stereocenters. The van der Waals surface area contributed by atoms with E-state index in [1.165, 1.54) is 37.0 Å². The molecule has 0 saturated heterocycles. The molecule has 0 spiro atoms. The van der Waals surface area contributed by atoms with Crippen LogP contribution in [-0.4, -0.2) is 15.1 Å². The molecule has 5 nitrogen and oxygen atoms in total. The lowest BCUT2D eigenvalue weighted by Crippen LogP contribution is -2.18. The molecule has 0 radical (unpaired) electrons. The molecule has 2 aromatic rings. The monoisotopic (exact) mass is 306 g/mol. The molecule has 2 heterocycles. The molecule has 1 aliphatic rings. The lowest BCUT2D eigenvalue weighted by Gasteiger charge is -2.29. The first-order valence-electron chi connectivity index (χ1n) is 7.64. The van der Waals surface area contributed by atoms with Crippen molar-refractivity contribution in [1.82, 2.24) is 15.1 Å². The maximum atomic E-state index is 5.63. The van der Waals surface area contributed by atoms with E-state index in [0.29, 0.717) is 23.4 Å². The van der Waals surface area contributed by atoms with E-state index in [-0.39, 0.29) is 0 Å². The van der Waals surface area contributed by atoms with Gasteiger partial charge in [0.05, 0.1) is 12.1 Å². The highest BCUT2D eigenvalue weighted by atomic mass is 32.1. The highest BCUT2D eigenvalue weighted by molar-refractivity contribution is 7.13. The van der Waals surface area contributed by atoms with Crippen LogP contribution in [0.5, 0.6) is 0 Å². The molecule has 1 fully saturated rings. The van der Waals surface area contributed by atoms with E-state index < -0.39 is 0 Å². The summed E-state index contributed by atoms with van der Waals surface area (Å²) in [6.45, 7) is 4.63. The molecule has 2 N–H and O–H groups in total. The fraction of sp³-hybridized carbons (Fsp3) is 0.667. The van der Waals surface area contributed by atoms with Crippen LogP contribution >= 0.6 is 11.3 Å². The van der Waals surface area contributed by atoms with Gasteiger partial charge < -0.3 is 10.3 Å². The van der Waals surface area contributed by atoms with E-state index in [2.05, 4.69) is 29.0 Å². The number of anilines is 1. The lowest BCUT2D eigenvalue weighted by molar-refractivity contribution is 0.251. The third-order valence-corrected chi connectivity index (χ3v) is 5.19. The lowest BCUT2D eigenvalue weighted by atomic mass is 9.77. The number of hydrogen-bond donors (Lipinski definition) is 1. The molecule has 0 amide bonds. The van der Waals surface area contributed by atoms with Crippen molar-refractivity contribution in [2.45, 2.75) is 51.9 Å². The first-order chi connectivity index (χ1) is 10.1. The van der Waals surface area contributed by atoms with Crippen molar-refractivity contribution in [3.63, 3.8) is 0 Å². The molecule has 21 heavy (non-hydrogen) atoms. The van der Waals surface area contributed by atoms with Crippen LogP contribution in [0.1, 0.15) is 62.9 Å². The molecular formula is C15H22N4OS. The highest BCUT2D eigenvalue weighted by Crippen LogP contribution is 2.37. The largest absolute Gasteiger partial charge is 0.375 e. The van der Waals surface area contributed by atoms with E-state index >= 15 is 0 Å². The number of thiazole rings is 1. The second-order valence-electron chi connectivity index (χ2n) is 6.26. The van der Waals surface area contributed by atoms with Crippen LogP contribution < -0.4 is 5.73 Å². The average Bonchev–Trinajstić information content (AvgIpc) is 3.09. The van der Waals surface area contributed by atoms with Gasteiger partial charge in [-0.25, -0.2) is 4.98 Å². The predicted molar refractivity (Wildman–Crippen MR) is 83.2 cm³/mol. The summed E-state index contributed by atoms with van der Waals surface area (Å²) in [5.74, 6) is 3.60. The van der Waals surface area contributed by atoms with E-state index in [1.54, 1.807) is 0 Å². The Balaban J connectivity index is 1.60. The second kappa shape index (κ2) is 6.13. The summed E-state index contributed by atoms with van der Waals surface area (Å²) >= 11 is 1.44. The number of nitrogens with two attached hydrogens (primary N) is 1. The zero-order valence-corrected chi connectivity index (χ0v) is 13.4. The summed E-state index contributed by atoms with van der Waals surface area (Å²) in [7, 11) is 0. The Labute approximate surface area is 129 Å². The maximum Gasteiger partial charge on any atom is 0.232 e. The smallest absolute Gasteiger partial charge is 0.232 e. The SMILES string of the molecule is CC(C)C1CCC(c2noc(Cc3csc(N)n3)n2)CC1. The fourth-order valence-electron chi connectivity index (χ4n) is 3.11. The number of aromatic nitrogens is 3. The fourth-order valence-corrected chi connectivity index (χ4v) is 3.67. The number of nitrogen functional groups attached to an aromatic ring is 1. The van der Waals surface area contributed by atoms with Gasteiger partial charge in [0.15, 0.2) is 11.0 Å². The Bertz CT molecular complexity index is 584. The van der Waals surface area contributed by atoms with Gasteiger partial charge in [0.25, 0.3) is 0 Å². The molecule has 0 atom stereocenters. The minimum Gasteiger partial charge on any atom is -0.375 e. The summed E-state index contributed by atoms with van der Waals surface area (Å²) in [5.41, 5.74) is 6.53. The van der Waals surface area contributed by atoms with Crippen molar-refractivity contribution in [3.05, 3.63) is 22.8 Å². The van der Waals surface area contributed by atoms with Gasteiger partial charge in [-0.05, 0) is 37.5 Å². The van der Waals surface area contributed by atoms with Crippen molar-refractivity contribution in [2.24, 2.45) is 11.8 Å². The average molecular weight is 306 g/mol. The molecular weight excluding hydrogens is 284 g/mol. The Kier molecular flexibility index (Phi) is 4.24. The van der Waals surface area contributed by atoms with Crippen molar-refractivity contribution < 1.29 is 4.52 Å². The summed E-state index contributed by atoms with van der Waals surface area (Å²) in [6.07, 6.45) is 5.46. The molecule has 114 valence electrons. The quantitative estimate of drug-likeness (QED) is 0.933. The first-order valence-corrected chi connectivity index (χ1v) is 8.52. The van der Waals surface area contributed by atoms with Crippen molar-refractivity contribution in [2.75, 3.05) is 5.73 Å². The zero-order valence-electron chi connectivity index (χ0n) is 12.6. The molecule has 2 aromatic heterocycles. The van der Waals surface area contributed by atoms with E-state index in [9.17, 15) is 0 Å². The molecule has 0 bridgehead atoms. The Morgan fingerprint density at radius 3 is 2.67 bits per heavy atom. The normalized spacial score (nSPS) is 22.8. The van der Waals surface area contributed by atoms with Crippen molar-refractivity contribution >= 4 is 16.5 Å². The van der Waals surface area contributed by atoms with Gasteiger partial charge in [-0.2, -0.15) is 4.98 Å². The highest BCUT2D eigenvalue weighted by Gasteiger charge is 2.27. The van der Waals surface area contributed by atoms with Crippen LogP contribution in [0, 0.1) is 11.8 Å². The van der Waals surface area contributed by atoms with Gasteiger partial charge in [0.1, 0.15) is 0 Å². The van der Waals surface area contributed by atoms with Crippen LogP contribution in [-0.2, 0) is 6.42 Å². The molecule has 1 aliphatic carbocycles. The molecule has 1 saturated carbocycles. The third-order valence-electron chi connectivity index (χ3n) is 4.47. The van der Waals surface area contributed by atoms with Gasteiger partial charge in [-0.15, -0.1) is 11.3 Å². The number of hydrogen-bond acceptors (Lipinski definition) is 6. The van der Waals surface area contributed by atoms with Gasteiger partial charge in [-0.1, -0.05) is 19.0 Å². The van der Waals surface area contributed by atoms with Crippen molar-refractivity contribution in [1.29, 1.82) is 0 Å². The maximum absolute atomic E-state index is 5.63. The van der Waals surface area contributed by atoms with Gasteiger partial charge in [0.2, 0.25) is 5.89 Å². The van der Waals surface area contributed by atoms with Gasteiger partial charge in [-0.3, -0.25) is 0 Å². The molecule has 3 rings (SSSR count). The number of rotatable bonds is 4. The van der Waals surface area contributed by atoms with Crippen LogP contribution in [0.4, 0.5) is 5.13 Å². The Morgan fingerprint density at radius 1 is 1.29 bits per heavy atom. The van der Waals surface area contributed by atoms with E-state index in [0.717, 1.165) is 23.4 Å². The molecule has 0 aromatic carbocycles. The number of nitrogens with zero attached hydrogens (tertiary/aromatic N) is 3. The summed E-state index contributed by atoms with van der Waals surface area (Å²) in [4.78, 5) is 8.78. The van der Waals surface area contributed by atoms with Gasteiger partial charge in [0, 0.05) is 11.3 Å². The molecule has 0 aliphatic heterocycles. The van der Waals surface area contributed by atoms with E-state index in [4.69, 9.17) is 10.3 Å². The Hall–Kier alpha value is -1.43. The van der Waals surface area contributed by atoms with Crippen LogP contribution in [0.3, 0.4) is 0 Å². The van der Waals surface area contributed by atoms with Crippen LogP contribution in [0.15, 0.2) is 9.90 Å². The van der Waals surface area contributed by atoms with Crippen LogP contribution in [0.2, 0.25) is 0 Å². The Morgan fingerprint density at radius 2 is 2.05 bits per heavy atom. The predicted octanol–water partition coefficient (Wildman–Crippen LogP) is 3.63. The summed E-state index contributed by atoms with van der Waals surface area (Å²) in [5, 5.41) is 6.69. The zero-order chi connectivity index (χ0) is 14.8. The van der Waals surface area contributed by atoms with Crippen LogP contribution in [0.25, 0.3) is 0 Å². The van der Waals surface area contributed by atoms with Gasteiger partial charge >= 0.3 is 0 Å².